The van der Waals surface area contributed by atoms with Crippen LogP contribution in [-0.2, 0) is 17.8 Å². The summed E-state index contributed by atoms with van der Waals surface area (Å²) >= 11 is 1.33. The van der Waals surface area contributed by atoms with Crippen molar-refractivity contribution in [1.82, 2.24) is 20.1 Å². The highest BCUT2D eigenvalue weighted by Crippen LogP contribution is 2.30. The van der Waals surface area contributed by atoms with Crippen LogP contribution in [0.1, 0.15) is 27.3 Å². The summed E-state index contributed by atoms with van der Waals surface area (Å²) in [5.74, 6) is 1.52. The van der Waals surface area contributed by atoms with Crippen LogP contribution >= 0.6 is 11.8 Å². The number of para-hydroxylation sites is 1. The van der Waals surface area contributed by atoms with Gasteiger partial charge < -0.3 is 19.7 Å². The van der Waals surface area contributed by atoms with Crippen molar-refractivity contribution in [2.24, 2.45) is 0 Å². The van der Waals surface area contributed by atoms with Crippen molar-refractivity contribution in [3.8, 4) is 17.2 Å². The fourth-order valence-corrected chi connectivity index (χ4v) is 5.38. The molecule has 0 saturated heterocycles. The number of anilines is 1. The number of methoxy groups -OCH3 is 2. The van der Waals surface area contributed by atoms with Gasteiger partial charge in [0.05, 0.1) is 26.5 Å². The number of hydrogen-bond acceptors (Lipinski definition) is 7. The number of aryl methyl sites for hydroxylation is 1. The highest BCUT2D eigenvalue weighted by Gasteiger charge is 2.25. The topological polar surface area (TPSA) is 98.6 Å². The third-order valence-electron chi connectivity index (χ3n) is 6.49. The van der Waals surface area contributed by atoms with Gasteiger partial charge >= 0.3 is 0 Å². The molecule has 0 unspecified atom stereocenters. The molecule has 1 aliphatic rings. The molecule has 1 aliphatic heterocycles. The molecule has 39 heavy (non-hydrogen) atoms. The summed E-state index contributed by atoms with van der Waals surface area (Å²) in [6.07, 6.45) is 0.856. The Labute approximate surface area is 231 Å². The van der Waals surface area contributed by atoms with Crippen molar-refractivity contribution in [3.05, 3.63) is 89.2 Å². The lowest BCUT2D eigenvalue weighted by atomic mass is 10.2. The number of benzene rings is 3. The molecular formula is C29H29N5O4S. The fraction of sp³-hybridized carbons (Fsp3) is 0.241. The lowest BCUT2D eigenvalue weighted by molar-refractivity contribution is -0.116. The zero-order valence-corrected chi connectivity index (χ0v) is 22.8. The van der Waals surface area contributed by atoms with Crippen molar-refractivity contribution in [1.29, 1.82) is 0 Å². The summed E-state index contributed by atoms with van der Waals surface area (Å²) in [6.45, 7) is 2.82. The van der Waals surface area contributed by atoms with Gasteiger partial charge in [-0.2, -0.15) is 0 Å². The molecule has 10 heteroatoms. The molecule has 0 radical (unpaired) electrons. The predicted octanol–water partition coefficient (Wildman–Crippen LogP) is 4.20. The van der Waals surface area contributed by atoms with Crippen LogP contribution in [0.15, 0.2) is 71.9 Å². The van der Waals surface area contributed by atoms with Gasteiger partial charge in [0, 0.05) is 29.5 Å². The van der Waals surface area contributed by atoms with Crippen molar-refractivity contribution in [3.63, 3.8) is 0 Å². The molecule has 200 valence electrons. The van der Waals surface area contributed by atoms with E-state index in [-0.39, 0.29) is 24.1 Å². The number of carbonyl (C=O) groups excluding carboxylic acids is 2. The molecule has 3 aromatic carbocycles. The third kappa shape index (κ3) is 5.75. The summed E-state index contributed by atoms with van der Waals surface area (Å²) in [7, 11) is 3.07. The Bertz CT molecular complexity index is 1500. The maximum atomic E-state index is 13.1. The maximum Gasteiger partial charge on any atom is 0.251 e. The van der Waals surface area contributed by atoms with E-state index in [0.717, 1.165) is 23.4 Å². The second kappa shape index (κ2) is 11.6. The normalized spacial score (nSPS) is 12.2. The zero-order chi connectivity index (χ0) is 27.4. The molecule has 1 N–H and O–H groups in total. The van der Waals surface area contributed by atoms with Crippen molar-refractivity contribution < 1.29 is 19.1 Å². The molecule has 0 saturated carbocycles. The molecule has 4 aromatic rings. The van der Waals surface area contributed by atoms with Crippen LogP contribution in [0.2, 0.25) is 0 Å². The van der Waals surface area contributed by atoms with E-state index >= 15 is 0 Å². The molecule has 1 aromatic heterocycles. The number of amides is 2. The first-order valence-corrected chi connectivity index (χ1v) is 13.5. The number of aromatic nitrogens is 3. The number of fused-ring (bicyclic) bond motifs is 1. The Balaban J connectivity index is 1.35. The number of nitrogens with one attached hydrogen (secondary N) is 1. The van der Waals surface area contributed by atoms with Crippen LogP contribution in [0.3, 0.4) is 0 Å². The van der Waals surface area contributed by atoms with E-state index in [2.05, 4.69) is 21.6 Å². The third-order valence-corrected chi connectivity index (χ3v) is 7.41. The van der Waals surface area contributed by atoms with Crippen LogP contribution in [0.4, 0.5) is 5.69 Å². The molecule has 0 bridgehead atoms. The van der Waals surface area contributed by atoms with Crippen molar-refractivity contribution in [2.45, 2.75) is 25.0 Å². The standard InChI is InChI=1S/C29H29N5O4S/c1-19-7-6-9-22(13-19)34-26(17-30-28(36)21-14-23(37-2)16-24(15-21)38-3)31-32-29(34)39-18-27(35)33-12-11-20-8-4-5-10-25(20)33/h4-10,13-16H,11-12,17-18H2,1-3H3,(H,30,36). The molecule has 0 spiro atoms. The van der Waals surface area contributed by atoms with Gasteiger partial charge in [-0.3, -0.25) is 14.2 Å². The van der Waals surface area contributed by atoms with E-state index in [1.54, 1.807) is 18.2 Å². The van der Waals surface area contributed by atoms with Gasteiger partial charge in [0.2, 0.25) is 5.91 Å². The van der Waals surface area contributed by atoms with Gasteiger partial charge in [0.25, 0.3) is 5.91 Å². The second-order valence-electron chi connectivity index (χ2n) is 9.07. The summed E-state index contributed by atoms with van der Waals surface area (Å²) in [4.78, 5) is 28.0. The highest BCUT2D eigenvalue weighted by atomic mass is 32.2. The highest BCUT2D eigenvalue weighted by molar-refractivity contribution is 7.99. The minimum atomic E-state index is -0.303. The number of thioether (sulfide) groups is 1. The minimum Gasteiger partial charge on any atom is -0.497 e. The Morgan fingerprint density at radius 1 is 0.974 bits per heavy atom. The lowest BCUT2D eigenvalue weighted by Gasteiger charge is -2.17. The van der Waals surface area contributed by atoms with Crippen LogP contribution in [-0.4, -0.2) is 53.1 Å². The molecule has 2 heterocycles. The Kier molecular flexibility index (Phi) is 7.83. The van der Waals surface area contributed by atoms with Gasteiger partial charge in [-0.25, -0.2) is 0 Å². The Morgan fingerprint density at radius 2 is 1.74 bits per heavy atom. The molecular weight excluding hydrogens is 514 g/mol. The Morgan fingerprint density at radius 3 is 2.49 bits per heavy atom. The number of nitrogens with zero attached hydrogens (tertiary/aromatic N) is 4. The van der Waals surface area contributed by atoms with E-state index in [1.807, 2.05) is 58.9 Å². The maximum absolute atomic E-state index is 13.1. The van der Waals surface area contributed by atoms with Crippen LogP contribution in [0, 0.1) is 6.92 Å². The largest absolute Gasteiger partial charge is 0.497 e. The van der Waals surface area contributed by atoms with Crippen molar-refractivity contribution in [2.75, 3.05) is 31.4 Å². The molecule has 9 nitrogen and oxygen atoms in total. The van der Waals surface area contributed by atoms with Crippen molar-refractivity contribution >= 4 is 29.3 Å². The first-order chi connectivity index (χ1) is 19.0. The molecule has 0 aliphatic carbocycles. The average Bonchev–Trinajstić information content (AvgIpc) is 3.58. The summed E-state index contributed by atoms with van der Waals surface area (Å²) in [5.41, 5.74) is 4.49. The van der Waals surface area contributed by atoms with Gasteiger partial charge in [-0.15, -0.1) is 10.2 Å². The predicted molar refractivity (Wildman–Crippen MR) is 150 cm³/mol. The van der Waals surface area contributed by atoms with E-state index in [1.165, 1.54) is 31.5 Å². The summed E-state index contributed by atoms with van der Waals surface area (Å²) in [6, 6.07) is 20.9. The van der Waals surface area contributed by atoms with Gasteiger partial charge in [-0.05, 0) is 54.8 Å². The fourth-order valence-electron chi connectivity index (χ4n) is 4.54. The molecule has 2 amide bonds. The SMILES string of the molecule is COc1cc(OC)cc(C(=O)NCc2nnc(SCC(=O)N3CCc4ccccc43)n2-c2cccc(C)c2)c1. The number of hydrogen-bond donors (Lipinski definition) is 1. The van der Waals surface area contributed by atoms with E-state index in [4.69, 9.17) is 9.47 Å². The molecule has 5 rings (SSSR count). The molecule has 0 fully saturated rings. The van der Waals surface area contributed by atoms with E-state index in [0.29, 0.717) is 34.6 Å². The summed E-state index contributed by atoms with van der Waals surface area (Å²) in [5, 5.41) is 12.3. The first-order valence-electron chi connectivity index (χ1n) is 12.5. The first kappa shape index (κ1) is 26.3. The quantitative estimate of drug-likeness (QED) is 0.316. The average molecular weight is 544 g/mol. The van der Waals surface area contributed by atoms with Crippen LogP contribution in [0.25, 0.3) is 5.69 Å². The van der Waals surface area contributed by atoms with E-state index < -0.39 is 0 Å². The van der Waals surface area contributed by atoms with Crippen LogP contribution in [0.5, 0.6) is 11.5 Å². The number of carbonyl (C=O) groups is 2. The second-order valence-corrected chi connectivity index (χ2v) is 10.0. The zero-order valence-electron chi connectivity index (χ0n) is 22.0. The molecule has 0 atom stereocenters. The Hall–Kier alpha value is -4.31. The number of ether oxygens (including phenoxy) is 2. The monoisotopic (exact) mass is 543 g/mol. The minimum absolute atomic E-state index is 0.0190. The van der Waals surface area contributed by atoms with E-state index in [9.17, 15) is 9.59 Å². The van der Waals surface area contributed by atoms with Gasteiger partial charge in [0.1, 0.15) is 11.5 Å². The van der Waals surface area contributed by atoms with Gasteiger partial charge in [-0.1, -0.05) is 42.1 Å². The van der Waals surface area contributed by atoms with Crippen LogP contribution < -0.4 is 19.7 Å². The number of rotatable bonds is 9. The lowest BCUT2D eigenvalue weighted by Crippen LogP contribution is -2.30. The van der Waals surface area contributed by atoms with Gasteiger partial charge in [0.15, 0.2) is 11.0 Å². The summed E-state index contributed by atoms with van der Waals surface area (Å²) < 4.78 is 12.5. The smallest absolute Gasteiger partial charge is 0.251 e.